The van der Waals surface area contributed by atoms with Crippen molar-refractivity contribution in [1.29, 1.82) is 0 Å². The first-order valence-corrected chi connectivity index (χ1v) is 8.50. The molecule has 22 heavy (non-hydrogen) atoms. The molecular weight excluding hydrogens is 328 g/mol. The molecule has 8 heteroatoms. The number of nitrogens with one attached hydrogen (secondary N) is 1. The molecule has 1 fully saturated rings. The molecular formula is C14H21ClN2O4S. The van der Waals surface area contributed by atoms with Crippen molar-refractivity contribution >= 4 is 28.4 Å². The summed E-state index contributed by atoms with van der Waals surface area (Å²) < 4.78 is 31.2. The molecule has 0 saturated carbocycles. The van der Waals surface area contributed by atoms with E-state index in [1.54, 1.807) is 24.3 Å². The van der Waals surface area contributed by atoms with Gasteiger partial charge < -0.3 is 10.1 Å². The molecule has 2 rings (SSSR count). The predicted molar refractivity (Wildman–Crippen MR) is 86.7 cm³/mol. The van der Waals surface area contributed by atoms with Crippen LogP contribution in [-0.4, -0.2) is 52.0 Å². The van der Waals surface area contributed by atoms with Gasteiger partial charge in [-0.2, -0.15) is 0 Å². The average molecular weight is 349 g/mol. The molecule has 0 aliphatic carbocycles. The number of ether oxygens (including phenoxy) is 1. The van der Waals surface area contributed by atoms with Crippen molar-refractivity contribution < 1.29 is 17.9 Å². The minimum atomic E-state index is -3.44. The molecule has 1 aromatic rings. The summed E-state index contributed by atoms with van der Waals surface area (Å²) in [7, 11) is -2.15. The van der Waals surface area contributed by atoms with Gasteiger partial charge >= 0.3 is 5.97 Å². The summed E-state index contributed by atoms with van der Waals surface area (Å²) >= 11 is 0. The lowest BCUT2D eigenvalue weighted by Gasteiger charge is -2.20. The van der Waals surface area contributed by atoms with Gasteiger partial charge in [0.05, 0.1) is 18.4 Å². The number of sulfonamides is 1. The Morgan fingerprint density at radius 2 is 2.00 bits per heavy atom. The monoisotopic (exact) mass is 348 g/mol. The number of hydrogen-bond acceptors (Lipinski definition) is 5. The zero-order chi connectivity index (χ0) is 15.3. The smallest absolute Gasteiger partial charge is 0.338 e. The van der Waals surface area contributed by atoms with E-state index in [1.165, 1.54) is 11.4 Å². The topological polar surface area (TPSA) is 75.7 Å². The molecule has 124 valence electrons. The number of methoxy groups -OCH3 is 1. The van der Waals surface area contributed by atoms with Gasteiger partial charge in [0.25, 0.3) is 0 Å². The van der Waals surface area contributed by atoms with Gasteiger partial charge in [0.2, 0.25) is 10.0 Å². The van der Waals surface area contributed by atoms with Gasteiger partial charge in [-0.1, -0.05) is 18.2 Å². The molecule has 0 bridgehead atoms. The summed E-state index contributed by atoms with van der Waals surface area (Å²) in [5.74, 6) is -0.698. The molecule has 1 aliphatic heterocycles. The highest BCUT2D eigenvalue weighted by molar-refractivity contribution is 7.88. The fourth-order valence-electron chi connectivity index (χ4n) is 2.34. The van der Waals surface area contributed by atoms with Crippen molar-refractivity contribution in [3.8, 4) is 0 Å². The van der Waals surface area contributed by atoms with Gasteiger partial charge in [0.15, 0.2) is 0 Å². The third-order valence-electron chi connectivity index (χ3n) is 3.45. The van der Waals surface area contributed by atoms with Crippen molar-refractivity contribution in [3.63, 3.8) is 0 Å². The van der Waals surface area contributed by atoms with Crippen LogP contribution in [0.15, 0.2) is 24.3 Å². The quantitative estimate of drug-likeness (QED) is 0.822. The summed E-state index contributed by atoms with van der Waals surface area (Å²) in [6, 6.07) is 6.65. The van der Waals surface area contributed by atoms with Crippen LogP contribution in [0.4, 0.5) is 0 Å². The number of halogens is 1. The van der Waals surface area contributed by atoms with E-state index in [9.17, 15) is 13.2 Å². The summed E-state index contributed by atoms with van der Waals surface area (Å²) in [4.78, 5) is 11.7. The van der Waals surface area contributed by atoms with Gasteiger partial charge in [-0.15, -0.1) is 12.4 Å². The Morgan fingerprint density at radius 3 is 2.73 bits per heavy atom. The molecule has 1 N–H and O–H groups in total. The van der Waals surface area contributed by atoms with Gasteiger partial charge in [-0.3, -0.25) is 0 Å². The van der Waals surface area contributed by atoms with Gasteiger partial charge in [0.1, 0.15) is 0 Å². The highest BCUT2D eigenvalue weighted by atomic mass is 35.5. The maximum atomic E-state index is 12.5. The molecule has 0 atom stereocenters. The first kappa shape index (κ1) is 18.9. The molecule has 1 aliphatic rings. The van der Waals surface area contributed by atoms with E-state index in [0.29, 0.717) is 30.8 Å². The fraction of sp³-hybridized carbons (Fsp3) is 0.500. The second-order valence-corrected chi connectivity index (χ2v) is 6.88. The van der Waals surface area contributed by atoms with Crippen LogP contribution in [0.5, 0.6) is 0 Å². The fourth-order valence-corrected chi connectivity index (χ4v) is 3.95. The van der Waals surface area contributed by atoms with E-state index >= 15 is 0 Å². The average Bonchev–Trinajstić information content (AvgIpc) is 2.76. The number of nitrogens with zero attached hydrogens (tertiary/aromatic N) is 1. The zero-order valence-corrected chi connectivity index (χ0v) is 14.1. The first-order chi connectivity index (χ1) is 10.0. The van der Waals surface area contributed by atoms with E-state index in [2.05, 4.69) is 5.32 Å². The summed E-state index contributed by atoms with van der Waals surface area (Å²) in [5, 5.41) is 3.17. The SMILES string of the molecule is COC(=O)c1ccccc1CS(=O)(=O)N1CCCNCC1.Cl. The van der Waals surface area contributed by atoms with Crippen molar-refractivity contribution in [2.45, 2.75) is 12.2 Å². The van der Waals surface area contributed by atoms with Crippen molar-refractivity contribution in [2.24, 2.45) is 0 Å². The number of carbonyl (C=O) groups is 1. The maximum Gasteiger partial charge on any atom is 0.338 e. The number of esters is 1. The lowest BCUT2D eigenvalue weighted by Crippen LogP contribution is -2.35. The Kier molecular flexibility index (Phi) is 7.28. The van der Waals surface area contributed by atoms with Gasteiger partial charge in [-0.05, 0) is 24.6 Å². The molecule has 1 aromatic carbocycles. The highest BCUT2D eigenvalue weighted by Gasteiger charge is 2.25. The van der Waals surface area contributed by atoms with Crippen LogP contribution in [0.3, 0.4) is 0 Å². The molecule has 0 spiro atoms. The van der Waals surface area contributed by atoms with Gasteiger partial charge in [-0.25, -0.2) is 17.5 Å². The molecule has 0 unspecified atom stereocenters. The van der Waals surface area contributed by atoms with Crippen LogP contribution >= 0.6 is 12.4 Å². The molecule has 0 radical (unpaired) electrons. The third-order valence-corrected chi connectivity index (χ3v) is 5.28. The summed E-state index contributed by atoms with van der Waals surface area (Å²) in [5.41, 5.74) is 0.776. The van der Waals surface area contributed by atoms with E-state index in [-0.39, 0.29) is 18.2 Å². The molecule has 0 aromatic heterocycles. The normalized spacial score (nSPS) is 16.4. The van der Waals surface area contributed by atoms with Crippen LogP contribution in [0, 0.1) is 0 Å². The van der Waals surface area contributed by atoms with Gasteiger partial charge in [0, 0.05) is 19.6 Å². The maximum absolute atomic E-state index is 12.5. The Morgan fingerprint density at radius 1 is 1.27 bits per heavy atom. The third kappa shape index (κ3) is 4.67. The molecule has 1 saturated heterocycles. The lowest BCUT2D eigenvalue weighted by molar-refractivity contribution is 0.0600. The van der Waals surface area contributed by atoms with Crippen LogP contribution in [0.25, 0.3) is 0 Å². The number of benzene rings is 1. The number of carbonyl (C=O) groups excluding carboxylic acids is 1. The standard InChI is InChI=1S/C14H20N2O4S.ClH/c1-20-14(17)13-6-3-2-5-12(13)11-21(18,19)16-9-4-7-15-8-10-16;/h2-3,5-6,15H,4,7-11H2,1H3;1H. The van der Waals surface area contributed by atoms with Crippen molar-refractivity contribution in [1.82, 2.24) is 9.62 Å². The zero-order valence-electron chi connectivity index (χ0n) is 12.4. The Balaban J connectivity index is 0.00000242. The summed E-state index contributed by atoms with van der Waals surface area (Å²) in [6.45, 7) is 2.45. The predicted octanol–water partition coefficient (Wildman–Crippen LogP) is 1.02. The summed E-state index contributed by atoms with van der Waals surface area (Å²) in [6.07, 6.45) is 0.790. The molecule has 6 nitrogen and oxygen atoms in total. The minimum Gasteiger partial charge on any atom is -0.465 e. The minimum absolute atomic E-state index is 0. The van der Waals surface area contributed by atoms with E-state index in [1.807, 2.05) is 0 Å². The second kappa shape index (κ2) is 8.47. The Bertz CT molecular complexity index is 599. The molecule has 1 heterocycles. The second-order valence-electron chi connectivity index (χ2n) is 4.91. The first-order valence-electron chi connectivity index (χ1n) is 6.89. The van der Waals surface area contributed by atoms with E-state index in [0.717, 1.165) is 13.0 Å². The van der Waals surface area contributed by atoms with Crippen LogP contribution in [0.1, 0.15) is 22.3 Å². The number of rotatable bonds is 4. The van der Waals surface area contributed by atoms with Crippen molar-refractivity contribution in [3.05, 3.63) is 35.4 Å². The largest absolute Gasteiger partial charge is 0.465 e. The van der Waals surface area contributed by atoms with E-state index < -0.39 is 16.0 Å². The van der Waals surface area contributed by atoms with Crippen LogP contribution < -0.4 is 5.32 Å². The van der Waals surface area contributed by atoms with Crippen molar-refractivity contribution in [2.75, 3.05) is 33.3 Å². The Hall–Kier alpha value is -1.15. The molecule has 0 amide bonds. The van der Waals surface area contributed by atoms with Crippen LogP contribution in [-0.2, 0) is 20.5 Å². The highest BCUT2D eigenvalue weighted by Crippen LogP contribution is 2.17. The van der Waals surface area contributed by atoms with Crippen LogP contribution in [0.2, 0.25) is 0 Å². The lowest BCUT2D eigenvalue weighted by atomic mass is 10.1. The van der Waals surface area contributed by atoms with E-state index in [4.69, 9.17) is 4.74 Å². The number of hydrogen-bond donors (Lipinski definition) is 1. The Labute approximate surface area is 137 Å².